The van der Waals surface area contributed by atoms with Gasteiger partial charge in [0.25, 0.3) is 5.91 Å². The molecule has 33 heavy (non-hydrogen) atoms. The van der Waals surface area contributed by atoms with Crippen molar-refractivity contribution in [2.75, 3.05) is 0 Å². The van der Waals surface area contributed by atoms with Gasteiger partial charge in [0.15, 0.2) is 0 Å². The number of aromatic nitrogens is 2. The van der Waals surface area contributed by atoms with Crippen LogP contribution in [0.15, 0.2) is 91.0 Å². The summed E-state index contributed by atoms with van der Waals surface area (Å²) in [6.45, 7) is 4.23. The van der Waals surface area contributed by atoms with Crippen molar-refractivity contribution in [1.29, 1.82) is 0 Å². The number of para-hydroxylation sites is 1. The molecule has 6 heteroatoms. The largest absolute Gasteiger partial charge is 0.350 e. The molecule has 1 unspecified atom stereocenters. The Morgan fingerprint density at radius 2 is 1.42 bits per heavy atom. The molecule has 166 valence electrons. The van der Waals surface area contributed by atoms with Gasteiger partial charge in [-0.1, -0.05) is 66.7 Å². The summed E-state index contributed by atoms with van der Waals surface area (Å²) in [5.41, 5.74) is 4.95. The standard InChI is InChI=1S/C27H26N4O2/c1-19-24(20(2)31(30-19)23-16-10-5-11-17-23)18-28-27(33)25(21-12-6-3-7-13-21)29-26(32)22-14-8-4-9-15-22/h3-17,25H,18H2,1-2H3,(H,28,33)(H,29,32). The summed E-state index contributed by atoms with van der Waals surface area (Å²) >= 11 is 0. The van der Waals surface area contributed by atoms with Crippen molar-refractivity contribution in [3.8, 4) is 5.69 Å². The first-order chi connectivity index (χ1) is 16.0. The Balaban J connectivity index is 1.53. The Morgan fingerprint density at radius 1 is 0.848 bits per heavy atom. The van der Waals surface area contributed by atoms with Crippen molar-refractivity contribution in [2.45, 2.75) is 26.4 Å². The molecule has 2 amide bonds. The lowest BCUT2D eigenvalue weighted by Crippen LogP contribution is -2.40. The van der Waals surface area contributed by atoms with Gasteiger partial charge in [0.05, 0.1) is 11.4 Å². The molecule has 0 aliphatic carbocycles. The van der Waals surface area contributed by atoms with Crippen LogP contribution in [0, 0.1) is 13.8 Å². The lowest BCUT2D eigenvalue weighted by molar-refractivity contribution is -0.123. The minimum atomic E-state index is -0.816. The average molecular weight is 439 g/mol. The molecule has 0 spiro atoms. The normalized spacial score (nSPS) is 11.6. The highest BCUT2D eigenvalue weighted by molar-refractivity contribution is 5.97. The third-order valence-corrected chi connectivity index (χ3v) is 5.59. The number of rotatable bonds is 7. The van der Waals surface area contributed by atoms with Crippen molar-refractivity contribution >= 4 is 11.8 Å². The number of hydrogen-bond donors (Lipinski definition) is 2. The predicted octanol–water partition coefficient (Wildman–Crippen LogP) is 4.28. The molecule has 0 saturated heterocycles. The van der Waals surface area contributed by atoms with Crippen molar-refractivity contribution < 1.29 is 9.59 Å². The number of nitrogens with one attached hydrogen (secondary N) is 2. The Hall–Kier alpha value is -4.19. The zero-order valence-electron chi connectivity index (χ0n) is 18.7. The van der Waals surface area contributed by atoms with Gasteiger partial charge < -0.3 is 10.6 Å². The van der Waals surface area contributed by atoms with Gasteiger partial charge in [-0.25, -0.2) is 4.68 Å². The second-order valence-corrected chi connectivity index (χ2v) is 7.80. The van der Waals surface area contributed by atoms with Crippen LogP contribution < -0.4 is 10.6 Å². The minimum absolute atomic E-state index is 0.281. The average Bonchev–Trinajstić information content (AvgIpc) is 3.15. The molecule has 0 aliphatic rings. The van der Waals surface area contributed by atoms with Crippen LogP contribution in [0.5, 0.6) is 0 Å². The monoisotopic (exact) mass is 438 g/mol. The first-order valence-electron chi connectivity index (χ1n) is 10.8. The Labute approximate surface area is 193 Å². The molecule has 1 aromatic heterocycles. The molecule has 0 radical (unpaired) electrons. The van der Waals surface area contributed by atoms with E-state index in [1.807, 2.05) is 85.3 Å². The molecule has 1 heterocycles. The summed E-state index contributed by atoms with van der Waals surface area (Å²) in [4.78, 5) is 26.0. The van der Waals surface area contributed by atoms with Gasteiger partial charge >= 0.3 is 0 Å². The van der Waals surface area contributed by atoms with Crippen molar-refractivity contribution in [2.24, 2.45) is 0 Å². The van der Waals surface area contributed by atoms with E-state index >= 15 is 0 Å². The molecule has 1 atom stereocenters. The van der Waals surface area contributed by atoms with E-state index in [0.717, 1.165) is 22.6 Å². The maximum Gasteiger partial charge on any atom is 0.252 e. The fraction of sp³-hybridized carbons (Fsp3) is 0.148. The summed E-state index contributed by atoms with van der Waals surface area (Å²) in [6.07, 6.45) is 0. The number of nitrogens with zero attached hydrogens (tertiary/aromatic N) is 2. The quantitative estimate of drug-likeness (QED) is 0.452. The van der Waals surface area contributed by atoms with Crippen LogP contribution in [-0.4, -0.2) is 21.6 Å². The zero-order valence-corrected chi connectivity index (χ0v) is 18.7. The lowest BCUT2D eigenvalue weighted by atomic mass is 10.0. The van der Waals surface area contributed by atoms with Gasteiger partial charge in [-0.2, -0.15) is 5.10 Å². The number of carbonyl (C=O) groups is 2. The maximum absolute atomic E-state index is 13.2. The Kier molecular flexibility index (Phi) is 6.64. The van der Waals surface area contributed by atoms with Gasteiger partial charge in [0, 0.05) is 23.4 Å². The first-order valence-corrected chi connectivity index (χ1v) is 10.8. The number of aryl methyl sites for hydroxylation is 1. The molecule has 2 N–H and O–H groups in total. The smallest absolute Gasteiger partial charge is 0.252 e. The summed E-state index contributed by atoms with van der Waals surface area (Å²) in [5.74, 6) is -0.583. The van der Waals surface area contributed by atoms with Crippen LogP contribution >= 0.6 is 0 Å². The van der Waals surface area contributed by atoms with Crippen molar-refractivity contribution in [1.82, 2.24) is 20.4 Å². The van der Waals surface area contributed by atoms with Gasteiger partial charge in [0.1, 0.15) is 6.04 Å². The van der Waals surface area contributed by atoms with Crippen LogP contribution in [-0.2, 0) is 11.3 Å². The predicted molar refractivity (Wildman–Crippen MR) is 128 cm³/mol. The van der Waals surface area contributed by atoms with Crippen LogP contribution in [0.25, 0.3) is 5.69 Å². The molecule has 0 fully saturated rings. The molecular weight excluding hydrogens is 412 g/mol. The number of amides is 2. The van der Waals surface area contributed by atoms with E-state index < -0.39 is 6.04 Å². The maximum atomic E-state index is 13.2. The zero-order chi connectivity index (χ0) is 23.2. The van der Waals surface area contributed by atoms with Crippen LogP contribution in [0.4, 0.5) is 0 Å². The van der Waals surface area contributed by atoms with Gasteiger partial charge in [-0.05, 0) is 43.7 Å². The fourth-order valence-corrected chi connectivity index (χ4v) is 3.78. The van der Waals surface area contributed by atoms with Gasteiger partial charge in [-0.3, -0.25) is 9.59 Å². The Morgan fingerprint density at radius 3 is 2.06 bits per heavy atom. The molecule has 0 bridgehead atoms. The molecule has 3 aromatic carbocycles. The number of benzene rings is 3. The molecule has 4 aromatic rings. The number of carbonyl (C=O) groups excluding carboxylic acids is 2. The van der Waals surface area contributed by atoms with E-state index in [1.165, 1.54) is 0 Å². The SMILES string of the molecule is Cc1nn(-c2ccccc2)c(C)c1CNC(=O)C(NC(=O)c1ccccc1)c1ccccc1. The fourth-order valence-electron chi connectivity index (χ4n) is 3.78. The van der Waals surface area contributed by atoms with Crippen LogP contribution in [0.2, 0.25) is 0 Å². The van der Waals surface area contributed by atoms with E-state index in [0.29, 0.717) is 17.7 Å². The Bertz CT molecular complexity index is 1240. The third kappa shape index (κ3) is 5.01. The van der Waals surface area contributed by atoms with Gasteiger partial charge in [-0.15, -0.1) is 0 Å². The summed E-state index contributed by atoms with van der Waals surface area (Å²) in [6, 6.07) is 27.2. The third-order valence-electron chi connectivity index (χ3n) is 5.59. The second kappa shape index (κ2) is 9.96. The van der Waals surface area contributed by atoms with E-state index in [1.54, 1.807) is 24.3 Å². The summed E-state index contributed by atoms with van der Waals surface area (Å²) < 4.78 is 1.88. The lowest BCUT2D eigenvalue weighted by Gasteiger charge is -2.19. The van der Waals surface area contributed by atoms with Gasteiger partial charge in [0.2, 0.25) is 5.91 Å². The molecule has 0 aliphatic heterocycles. The molecular formula is C27H26N4O2. The van der Waals surface area contributed by atoms with E-state index in [2.05, 4.69) is 15.7 Å². The second-order valence-electron chi connectivity index (χ2n) is 7.80. The first kappa shape index (κ1) is 22.0. The van der Waals surface area contributed by atoms with Crippen LogP contribution in [0.3, 0.4) is 0 Å². The molecule has 4 rings (SSSR count). The van der Waals surface area contributed by atoms with E-state index in [9.17, 15) is 9.59 Å². The highest BCUT2D eigenvalue weighted by atomic mass is 16.2. The van der Waals surface area contributed by atoms with Crippen LogP contribution in [0.1, 0.15) is 38.9 Å². The minimum Gasteiger partial charge on any atom is -0.350 e. The topological polar surface area (TPSA) is 76.0 Å². The molecule has 0 saturated carbocycles. The van der Waals surface area contributed by atoms with E-state index in [-0.39, 0.29) is 11.8 Å². The van der Waals surface area contributed by atoms with E-state index in [4.69, 9.17) is 0 Å². The summed E-state index contributed by atoms with van der Waals surface area (Å²) in [5, 5.41) is 10.5. The molecule has 6 nitrogen and oxygen atoms in total. The highest BCUT2D eigenvalue weighted by Gasteiger charge is 2.24. The summed E-state index contributed by atoms with van der Waals surface area (Å²) in [7, 11) is 0. The van der Waals surface area contributed by atoms with Crippen molar-refractivity contribution in [3.63, 3.8) is 0 Å². The van der Waals surface area contributed by atoms with Crippen molar-refractivity contribution in [3.05, 3.63) is 119 Å². The number of hydrogen-bond acceptors (Lipinski definition) is 3. The highest BCUT2D eigenvalue weighted by Crippen LogP contribution is 2.19.